The predicted octanol–water partition coefficient (Wildman–Crippen LogP) is 1.09. The molecule has 6 nitrogen and oxygen atoms in total. The Morgan fingerprint density at radius 2 is 2.37 bits per heavy atom. The molecule has 6 heteroatoms. The third-order valence-electron chi connectivity index (χ3n) is 4.02. The van der Waals surface area contributed by atoms with E-state index in [-0.39, 0.29) is 6.10 Å². The zero-order valence-corrected chi connectivity index (χ0v) is 11.6. The molecule has 0 spiro atoms. The first-order valence-electron chi connectivity index (χ1n) is 7.30. The van der Waals surface area contributed by atoms with Gasteiger partial charge >= 0.3 is 0 Å². The third-order valence-corrected chi connectivity index (χ3v) is 4.02. The second kappa shape index (κ2) is 5.88. The van der Waals surface area contributed by atoms with Gasteiger partial charge in [-0.05, 0) is 45.2 Å². The molecule has 2 N–H and O–H groups in total. The molecule has 0 aromatic carbocycles. The molecule has 1 aromatic rings. The molecular formula is C13H23N5O. The molecule has 2 saturated heterocycles. The van der Waals surface area contributed by atoms with E-state index in [1.54, 1.807) is 0 Å². The molecule has 0 radical (unpaired) electrons. The Bertz CT molecular complexity index is 399. The van der Waals surface area contributed by atoms with E-state index in [4.69, 9.17) is 4.74 Å². The molecule has 0 aliphatic carbocycles. The fraction of sp³-hybridized carbons (Fsp3) is 0.846. The minimum Gasteiger partial charge on any atom is -0.370 e. The Balaban J connectivity index is 1.64. The number of ether oxygens (including phenoxy) is 1. The van der Waals surface area contributed by atoms with Crippen molar-refractivity contribution >= 4 is 5.95 Å². The van der Waals surface area contributed by atoms with Crippen LogP contribution in [0.4, 0.5) is 5.95 Å². The summed E-state index contributed by atoms with van der Waals surface area (Å²) in [6.45, 7) is 4.01. The summed E-state index contributed by atoms with van der Waals surface area (Å²) in [5, 5.41) is 10.7. The number of nitrogens with zero attached hydrogens (tertiary/aromatic N) is 3. The average molecular weight is 265 g/mol. The molecule has 2 aliphatic rings. The van der Waals surface area contributed by atoms with E-state index >= 15 is 0 Å². The quantitative estimate of drug-likeness (QED) is 0.853. The lowest BCUT2D eigenvalue weighted by Gasteiger charge is -2.31. The molecule has 3 heterocycles. The van der Waals surface area contributed by atoms with E-state index in [0.29, 0.717) is 5.92 Å². The van der Waals surface area contributed by atoms with Crippen LogP contribution in [-0.4, -0.2) is 48.5 Å². The van der Waals surface area contributed by atoms with Gasteiger partial charge in [-0.1, -0.05) is 0 Å². The monoisotopic (exact) mass is 265 g/mol. The number of anilines is 1. The van der Waals surface area contributed by atoms with Gasteiger partial charge in [0.1, 0.15) is 6.10 Å². The summed E-state index contributed by atoms with van der Waals surface area (Å²) in [7, 11) is 2.02. The minimum atomic E-state index is 0.124. The first kappa shape index (κ1) is 12.9. The van der Waals surface area contributed by atoms with Crippen LogP contribution in [-0.2, 0) is 4.74 Å². The van der Waals surface area contributed by atoms with Gasteiger partial charge in [0.25, 0.3) is 0 Å². The summed E-state index contributed by atoms with van der Waals surface area (Å²) in [5.74, 6) is 2.43. The molecule has 106 valence electrons. The van der Waals surface area contributed by atoms with Crippen molar-refractivity contribution in [3.8, 4) is 0 Å². The number of rotatable bonds is 4. The summed E-state index contributed by atoms with van der Waals surface area (Å²) < 4.78 is 5.64. The highest BCUT2D eigenvalue weighted by Gasteiger charge is 2.25. The first-order valence-corrected chi connectivity index (χ1v) is 7.30. The van der Waals surface area contributed by atoms with Crippen molar-refractivity contribution in [2.45, 2.75) is 31.8 Å². The van der Waals surface area contributed by atoms with Crippen molar-refractivity contribution in [2.75, 3.05) is 38.2 Å². The molecule has 0 amide bonds. The van der Waals surface area contributed by atoms with Crippen LogP contribution >= 0.6 is 0 Å². The van der Waals surface area contributed by atoms with Gasteiger partial charge < -0.3 is 15.0 Å². The maximum atomic E-state index is 5.64. The van der Waals surface area contributed by atoms with E-state index in [1.165, 1.54) is 12.8 Å². The highest BCUT2D eigenvalue weighted by atomic mass is 16.5. The Hall–Kier alpha value is -1.14. The lowest BCUT2D eigenvalue weighted by molar-refractivity contribution is 0.105. The highest BCUT2D eigenvalue weighted by molar-refractivity contribution is 5.30. The molecule has 2 aliphatic heterocycles. The number of aromatic amines is 1. The van der Waals surface area contributed by atoms with Crippen molar-refractivity contribution in [3.63, 3.8) is 0 Å². The number of piperidine rings is 1. The summed E-state index contributed by atoms with van der Waals surface area (Å²) in [4.78, 5) is 6.92. The number of nitrogens with one attached hydrogen (secondary N) is 2. The van der Waals surface area contributed by atoms with E-state index in [9.17, 15) is 0 Å². The Morgan fingerprint density at radius 3 is 3.16 bits per heavy atom. The highest BCUT2D eigenvalue weighted by Crippen LogP contribution is 2.27. The second-order valence-corrected chi connectivity index (χ2v) is 5.53. The molecule has 3 rings (SSSR count). The van der Waals surface area contributed by atoms with Crippen LogP contribution in [0.25, 0.3) is 0 Å². The van der Waals surface area contributed by atoms with Crippen LogP contribution in [0.2, 0.25) is 0 Å². The third kappa shape index (κ3) is 2.90. The molecular weight excluding hydrogens is 242 g/mol. The average Bonchev–Trinajstić information content (AvgIpc) is 3.11. The largest absolute Gasteiger partial charge is 0.370 e. The van der Waals surface area contributed by atoms with Crippen molar-refractivity contribution in [3.05, 3.63) is 5.82 Å². The maximum Gasteiger partial charge on any atom is 0.244 e. The summed E-state index contributed by atoms with van der Waals surface area (Å²) in [6.07, 6.45) is 4.81. The van der Waals surface area contributed by atoms with Crippen molar-refractivity contribution < 1.29 is 4.74 Å². The van der Waals surface area contributed by atoms with Crippen LogP contribution in [0.1, 0.15) is 37.6 Å². The van der Waals surface area contributed by atoms with E-state index in [2.05, 4.69) is 25.4 Å². The van der Waals surface area contributed by atoms with E-state index < -0.39 is 0 Å². The van der Waals surface area contributed by atoms with Crippen molar-refractivity contribution in [1.29, 1.82) is 0 Å². The SMILES string of the molecule is CNCC1CCCN(c2n[nH]c(C3CCCO3)n2)C1. The van der Waals surface area contributed by atoms with Gasteiger partial charge in [-0.15, -0.1) is 5.10 Å². The number of hydrogen-bond acceptors (Lipinski definition) is 5. The maximum absolute atomic E-state index is 5.64. The lowest BCUT2D eigenvalue weighted by atomic mass is 9.98. The number of H-pyrrole nitrogens is 1. The summed E-state index contributed by atoms with van der Waals surface area (Å²) in [5.41, 5.74) is 0. The van der Waals surface area contributed by atoms with Gasteiger partial charge in [-0.2, -0.15) is 4.98 Å². The Morgan fingerprint density at radius 1 is 1.42 bits per heavy atom. The van der Waals surface area contributed by atoms with Crippen LogP contribution in [0.3, 0.4) is 0 Å². The van der Waals surface area contributed by atoms with Crippen LogP contribution in [0, 0.1) is 5.92 Å². The molecule has 1 aromatic heterocycles. The lowest BCUT2D eigenvalue weighted by Crippen LogP contribution is -2.39. The number of hydrogen-bond donors (Lipinski definition) is 2. The minimum absolute atomic E-state index is 0.124. The van der Waals surface area contributed by atoms with Crippen LogP contribution in [0.15, 0.2) is 0 Å². The van der Waals surface area contributed by atoms with Crippen molar-refractivity contribution in [1.82, 2.24) is 20.5 Å². The smallest absolute Gasteiger partial charge is 0.244 e. The van der Waals surface area contributed by atoms with Crippen molar-refractivity contribution in [2.24, 2.45) is 5.92 Å². The van der Waals surface area contributed by atoms with Crippen LogP contribution < -0.4 is 10.2 Å². The molecule has 19 heavy (non-hydrogen) atoms. The van der Waals surface area contributed by atoms with Gasteiger partial charge in [0.05, 0.1) is 0 Å². The Labute approximate surface area is 113 Å². The summed E-state index contributed by atoms with van der Waals surface area (Å²) in [6, 6.07) is 0. The predicted molar refractivity (Wildman–Crippen MR) is 73.2 cm³/mol. The van der Waals surface area contributed by atoms with Crippen LogP contribution in [0.5, 0.6) is 0 Å². The molecule has 0 saturated carbocycles. The normalized spacial score (nSPS) is 27.9. The first-order chi connectivity index (χ1) is 9.36. The van der Waals surface area contributed by atoms with Gasteiger partial charge in [-0.3, -0.25) is 5.10 Å². The van der Waals surface area contributed by atoms with Gasteiger partial charge in [0, 0.05) is 19.7 Å². The fourth-order valence-electron chi connectivity index (χ4n) is 3.05. The fourth-order valence-corrected chi connectivity index (χ4v) is 3.05. The molecule has 2 unspecified atom stereocenters. The van der Waals surface area contributed by atoms with E-state index in [0.717, 1.165) is 50.9 Å². The van der Waals surface area contributed by atoms with Gasteiger partial charge in [0.2, 0.25) is 5.95 Å². The zero-order valence-electron chi connectivity index (χ0n) is 11.6. The second-order valence-electron chi connectivity index (χ2n) is 5.53. The molecule has 0 bridgehead atoms. The molecule has 2 atom stereocenters. The molecule has 2 fully saturated rings. The topological polar surface area (TPSA) is 66.1 Å². The van der Waals surface area contributed by atoms with E-state index in [1.807, 2.05) is 7.05 Å². The zero-order chi connectivity index (χ0) is 13.1. The summed E-state index contributed by atoms with van der Waals surface area (Å²) >= 11 is 0. The number of aromatic nitrogens is 3. The van der Waals surface area contributed by atoms with Gasteiger partial charge in [0.15, 0.2) is 5.82 Å². The Kier molecular flexibility index (Phi) is 3.98. The van der Waals surface area contributed by atoms with Gasteiger partial charge in [-0.25, -0.2) is 0 Å². The standard InChI is InChI=1S/C13H23N5O/c1-14-8-10-4-2-6-18(9-10)13-15-12(16-17-13)11-5-3-7-19-11/h10-11,14H,2-9H2,1H3,(H,15,16,17).